The van der Waals surface area contributed by atoms with Gasteiger partial charge in [0, 0.05) is 17.0 Å². The molecule has 0 fully saturated rings. The number of furan rings is 1. The van der Waals surface area contributed by atoms with E-state index in [1.54, 1.807) is 39.0 Å². The van der Waals surface area contributed by atoms with E-state index in [4.69, 9.17) is 4.42 Å². The predicted octanol–water partition coefficient (Wildman–Crippen LogP) is 3.53. The summed E-state index contributed by atoms with van der Waals surface area (Å²) in [6.07, 6.45) is -1.52. The summed E-state index contributed by atoms with van der Waals surface area (Å²) in [5, 5.41) is 33.2. The standard InChI is InChI=1S/C20H18N2O6/c1-10-16(20(2,3)25)12-7-5-9-14(17(12)28-10)21-18(23)11-6-4-8-13(22(26)27)15(11)19(21)24/h4-9,19,24-25H,1-3H3. The molecular weight excluding hydrogens is 364 g/mol. The highest BCUT2D eigenvalue weighted by Crippen LogP contribution is 2.45. The van der Waals surface area contributed by atoms with E-state index in [1.807, 2.05) is 0 Å². The smallest absolute Gasteiger partial charge is 0.277 e. The minimum absolute atomic E-state index is 0.0412. The molecule has 1 aliphatic rings. The first kappa shape index (κ1) is 18.1. The summed E-state index contributed by atoms with van der Waals surface area (Å²) in [6.45, 7) is 4.97. The predicted molar refractivity (Wildman–Crippen MR) is 101 cm³/mol. The van der Waals surface area contributed by atoms with Crippen LogP contribution in [0.3, 0.4) is 0 Å². The molecule has 2 N–H and O–H groups in total. The van der Waals surface area contributed by atoms with Crippen LogP contribution in [0.1, 0.15) is 47.3 Å². The molecule has 0 spiro atoms. The molecule has 2 aromatic carbocycles. The van der Waals surface area contributed by atoms with E-state index in [0.29, 0.717) is 22.3 Å². The van der Waals surface area contributed by atoms with Crippen molar-refractivity contribution in [2.45, 2.75) is 32.6 Å². The molecule has 4 rings (SSSR count). The Morgan fingerprint density at radius 1 is 1.21 bits per heavy atom. The monoisotopic (exact) mass is 382 g/mol. The van der Waals surface area contributed by atoms with E-state index in [2.05, 4.69) is 0 Å². The third kappa shape index (κ3) is 2.42. The van der Waals surface area contributed by atoms with Gasteiger partial charge in [-0.1, -0.05) is 18.2 Å². The summed E-state index contributed by atoms with van der Waals surface area (Å²) in [7, 11) is 0. The Balaban J connectivity index is 1.94. The van der Waals surface area contributed by atoms with Crippen LogP contribution in [0, 0.1) is 17.0 Å². The van der Waals surface area contributed by atoms with Gasteiger partial charge in [-0.15, -0.1) is 0 Å². The number of nitro groups is 1. The third-order valence-corrected chi connectivity index (χ3v) is 4.97. The van der Waals surface area contributed by atoms with E-state index in [1.165, 1.54) is 18.2 Å². The Kier molecular flexibility index (Phi) is 3.81. The topological polar surface area (TPSA) is 117 Å². The molecule has 8 heteroatoms. The number of rotatable bonds is 3. The fraction of sp³-hybridized carbons (Fsp3) is 0.250. The minimum atomic E-state index is -1.52. The average Bonchev–Trinajstić information content (AvgIpc) is 3.09. The molecule has 1 amide bonds. The fourth-order valence-corrected chi connectivity index (χ4v) is 3.95. The number of aliphatic hydroxyl groups is 2. The van der Waals surface area contributed by atoms with Crippen LogP contribution in [0.25, 0.3) is 11.0 Å². The summed E-state index contributed by atoms with van der Waals surface area (Å²) in [5.41, 5.74) is -0.289. The van der Waals surface area contributed by atoms with Crippen molar-refractivity contribution in [1.82, 2.24) is 0 Å². The Morgan fingerprint density at radius 2 is 1.89 bits per heavy atom. The van der Waals surface area contributed by atoms with Gasteiger partial charge in [-0.2, -0.15) is 0 Å². The van der Waals surface area contributed by atoms with Crippen molar-refractivity contribution in [1.29, 1.82) is 0 Å². The number of amides is 1. The summed E-state index contributed by atoms with van der Waals surface area (Å²) in [6, 6.07) is 9.14. The van der Waals surface area contributed by atoms with E-state index in [9.17, 15) is 25.1 Å². The summed E-state index contributed by atoms with van der Waals surface area (Å²) in [4.78, 5) is 24.8. The van der Waals surface area contributed by atoms with Gasteiger partial charge in [0.1, 0.15) is 5.76 Å². The number of hydrogen-bond acceptors (Lipinski definition) is 6. The van der Waals surface area contributed by atoms with Crippen molar-refractivity contribution in [3.05, 3.63) is 69.0 Å². The van der Waals surface area contributed by atoms with Crippen molar-refractivity contribution < 1.29 is 24.3 Å². The first-order valence-electron chi connectivity index (χ1n) is 8.67. The zero-order valence-corrected chi connectivity index (χ0v) is 15.5. The van der Waals surface area contributed by atoms with Crippen molar-refractivity contribution >= 4 is 28.3 Å². The van der Waals surface area contributed by atoms with Gasteiger partial charge in [0.2, 0.25) is 0 Å². The molecule has 1 aliphatic heterocycles. The molecule has 0 bridgehead atoms. The first-order valence-corrected chi connectivity index (χ1v) is 8.67. The number of anilines is 1. The lowest BCUT2D eigenvalue weighted by molar-refractivity contribution is -0.386. The average molecular weight is 382 g/mol. The van der Waals surface area contributed by atoms with Crippen molar-refractivity contribution in [2.24, 2.45) is 0 Å². The molecule has 1 atom stereocenters. The molecule has 144 valence electrons. The lowest BCUT2D eigenvalue weighted by Crippen LogP contribution is -2.27. The Bertz CT molecular complexity index is 1140. The molecule has 0 aliphatic carbocycles. The zero-order valence-electron chi connectivity index (χ0n) is 15.5. The van der Waals surface area contributed by atoms with Gasteiger partial charge in [-0.25, -0.2) is 0 Å². The maximum Gasteiger partial charge on any atom is 0.277 e. The van der Waals surface area contributed by atoms with E-state index >= 15 is 0 Å². The second-order valence-corrected chi connectivity index (χ2v) is 7.29. The molecule has 0 saturated heterocycles. The van der Waals surface area contributed by atoms with E-state index in [0.717, 1.165) is 4.90 Å². The number of para-hydroxylation sites is 1. The number of nitro benzene ring substituents is 1. The second-order valence-electron chi connectivity index (χ2n) is 7.29. The van der Waals surface area contributed by atoms with Crippen LogP contribution in [-0.4, -0.2) is 21.0 Å². The highest BCUT2D eigenvalue weighted by molar-refractivity contribution is 6.14. The SMILES string of the molecule is Cc1oc2c(N3C(=O)c4cccc([N+](=O)[O-])c4C3O)cccc2c1C(C)(C)O. The molecule has 0 radical (unpaired) electrons. The van der Waals surface area contributed by atoms with Crippen LogP contribution in [0.5, 0.6) is 0 Å². The first-order chi connectivity index (χ1) is 13.1. The van der Waals surface area contributed by atoms with Crippen LogP contribution >= 0.6 is 0 Å². The quantitative estimate of drug-likeness (QED) is 0.529. The number of carbonyl (C=O) groups excluding carboxylic acids is 1. The normalized spacial score (nSPS) is 16.7. The summed E-state index contributed by atoms with van der Waals surface area (Å²) >= 11 is 0. The number of benzene rings is 2. The van der Waals surface area contributed by atoms with Crippen molar-refractivity contribution in [2.75, 3.05) is 4.90 Å². The molecular formula is C20H18N2O6. The van der Waals surface area contributed by atoms with Crippen molar-refractivity contribution in [3.8, 4) is 0 Å². The van der Waals surface area contributed by atoms with Crippen molar-refractivity contribution in [3.63, 3.8) is 0 Å². The van der Waals surface area contributed by atoms with Gasteiger partial charge in [0.05, 0.1) is 27.3 Å². The molecule has 3 aromatic rings. The molecule has 0 saturated carbocycles. The fourth-order valence-electron chi connectivity index (χ4n) is 3.95. The Morgan fingerprint density at radius 3 is 2.54 bits per heavy atom. The van der Waals surface area contributed by atoms with E-state index < -0.39 is 22.7 Å². The maximum atomic E-state index is 13.0. The third-order valence-electron chi connectivity index (χ3n) is 4.97. The van der Waals surface area contributed by atoms with Gasteiger partial charge in [-0.3, -0.25) is 19.8 Å². The highest BCUT2D eigenvalue weighted by Gasteiger charge is 2.43. The van der Waals surface area contributed by atoms with Gasteiger partial charge in [-0.05, 0) is 32.9 Å². The van der Waals surface area contributed by atoms with Gasteiger partial charge in [0.25, 0.3) is 11.6 Å². The van der Waals surface area contributed by atoms with Crippen LogP contribution in [0.2, 0.25) is 0 Å². The number of aliphatic hydroxyl groups excluding tert-OH is 1. The number of hydrogen-bond donors (Lipinski definition) is 2. The van der Waals surface area contributed by atoms with Crippen LogP contribution in [-0.2, 0) is 5.60 Å². The molecule has 1 unspecified atom stereocenters. The molecule has 1 aromatic heterocycles. The van der Waals surface area contributed by atoms with Gasteiger partial charge >= 0.3 is 0 Å². The Hall–Kier alpha value is -3.23. The molecule has 8 nitrogen and oxygen atoms in total. The number of carbonyl (C=O) groups is 1. The van der Waals surface area contributed by atoms with E-state index in [-0.39, 0.29) is 22.5 Å². The zero-order chi connectivity index (χ0) is 20.4. The lowest BCUT2D eigenvalue weighted by Gasteiger charge is -2.21. The molecule has 2 heterocycles. The maximum absolute atomic E-state index is 13.0. The van der Waals surface area contributed by atoms with Crippen LogP contribution in [0.4, 0.5) is 11.4 Å². The van der Waals surface area contributed by atoms with Gasteiger partial charge < -0.3 is 14.6 Å². The van der Waals surface area contributed by atoms with Crippen LogP contribution in [0.15, 0.2) is 40.8 Å². The number of nitrogens with zero attached hydrogens (tertiary/aromatic N) is 2. The highest BCUT2D eigenvalue weighted by atomic mass is 16.6. The largest absolute Gasteiger partial charge is 0.459 e. The number of aryl methyl sites for hydroxylation is 1. The Labute approximate surface area is 159 Å². The second kappa shape index (κ2) is 5.88. The molecule has 28 heavy (non-hydrogen) atoms. The summed E-state index contributed by atoms with van der Waals surface area (Å²) < 4.78 is 5.84. The summed E-state index contributed by atoms with van der Waals surface area (Å²) in [5.74, 6) is -0.0721. The van der Waals surface area contributed by atoms with Gasteiger partial charge in [0.15, 0.2) is 11.8 Å². The number of fused-ring (bicyclic) bond motifs is 2. The lowest BCUT2D eigenvalue weighted by atomic mass is 9.95. The van der Waals surface area contributed by atoms with Crippen LogP contribution < -0.4 is 4.90 Å². The minimum Gasteiger partial charge on any atom is -0.459 e.